The minimum atomic E-state index is 0.599. The van der Waals surface area contributed by atoms with Gasteiger partial charge in [0.1, 0.15) is 0 Å². The van der Waals surface area contributed by atoms with Crippen molar-refractivity contribution in [2.45, 2.75) is 33.2 Å². The highest BCUT2D eigenvalue weighted by atomic mass is 32.2. The van der Waals surface area contributed by atoms with Crippen LogP contribution in [0.5, 0.6) is 0 Å². The maximum Gasteiger partial charge on any atom is 0.0794 e. The number of hydrogen-bond acceptors (Lipinski definition) is 4. The van der Waals surface area contributed by atoms with Crippen LogP contribution in [0.3, 0.4) is 0 Å². The molecule has 1 aromatic rings. The van der Waals surface area contributed by atoms with E-state index in [1.54, 1.807) is 11.3 Å². The van der Waals surface area contributed by atoms with Gasteiger partial charge in [-0.3, -0.25) is 0 Å². The lowest BCUT2D eigenvalue weighted by atomic mass is 10.3. The van der Waals surface area contributed by atoms with E-state index in [1.807, 2.05) is 17.3 Å². The summed E-state index contributed by atoms with van der Waals surface area (Å²) < 4.78 is 0. The van der Waals surface area contributed by atoms with E-state index in [4.69, 9.17) is 0 Å². The minimum Gasteiger partial charge on any atom is -0.313 e. The molecule has 0 saturated heterocycles. The summed E-state index contributed by atoms with van der Waals surface area (Å²) >= 11 is 3.71. The lowest BCUT2D eigenvalue weighted by Crippen LogP contribution is -2.30. The lowest BCUT2D eigenvalue weighted by molar-refractivity contribution is 0.593. The largest absolute Gasteiger partial charge is 0.313 e. The summed E-state index contributed by atoms with van der Waals surface area (Å²) in [6, 6.07) is 0.599. The number of hydrogen-bond donors (Lipinski definition) is 1. The van der Waals surface area contributed by atoms with Crippen molar-refractivity contribution in [1.29, 1.82) is 0 Å². The fourth-order valence-electron chi connectivity index (χ4n) is 1.35. The molecule has 2 nitrogen and oxygen atoms in total. The van der Waals surface area contributed by atoms with Crippen molar-refractivity contribution in [2.75, 3.05) is 18.1 Å². The fraction of sp³-hybridized carbons (Fsp3) is 0.750. The van der Waals surface area contributed by atoms with Crippen molar-refractivity contribution in [3.8, 4) is 0 Å². The van der Waals surface area contributed by atoms with Crippen molar-refractivity contribution in [2.24, 2.45) is 5.92 Å². The number of aromatic nitrogens is 1. The Morgan fingerprint density at radius 3 is 2.81 bits per heavy atom. The van der Waals surface area contributed by atoms with E-state index in [9.17, 15) is 0 Å². The van der Waals surface area contributed by atoms with E-state index in [2.05, 4.69) is 36.5 Å². The van der Waals surface area contributed by atoms with Crippen molar-refractivity contribution < 1.29 is 0 Å². The molecule has 0 aliphatic carbocycles. The molecule has 1 aromatic heterocycles. The average molecular weight is 258 g/mol. The Hall–Kier alpha value is -0.0600. The first kappa shape index (κ1) is 14.0. The number of thiazole rings is 1. The van der Waals surface area contributed by atoms with E-state index < -0.39 is 0 Å². The quantitative estimate of drug-likeness (QED) is 0.776. The van der Waals surface area contributed by atoms with Crippen LogP contribution >= 0.6 is 23.1 Å². The van der Waals surface area contributed by atoms with Crippen LogP contribution in [-0.2, 0) is 6.42 Å². The summed E-state index contributed by atoms with van der Waals surface area (Å²) in [7, 11) is 0. The first-order valence-electron chi connectivity index (χ1n) is 5.86. The van der Waals surface area contributed by atoms with Crippen LogP contribution in [0.1, 0.15) is 26.5 Å². The molecule has 0 bridgehead atoms. The molecule has 1 heterocycles. The summed E-state index contributed by atoms with van der Waals surface area (Å²) in [4.78, 5) is 4.27. The highest BCUT2D eigenvalue weighted by molar-refractivity contribution is 7.99. The Labute approximate surface area is 107 Å². The molecule has 0 aromatic carbocycles. The van der Waals surface area contributed by atoms with E-state index in [0.29, 0.717) is 6.04 Å². The van der Waals surface area contributed by atoms with Crippen LogP contribution in [0.4, 0.5) is 0 Å². The van der Waals surface area contributed by atoms with E-state index in [-0.39, 0.29) is 0 Å². The molecule has 0 aliphatic heterocycles. The van der Waals surface area contributed by atoms with E-state index in [0.717, 1.165) is 18.9 Å². The third kappa shape index (κ3) is 6.51. The van der Waals surface area contributed by atoms with E-state index in [1.165, 1.54) is 17.2 Å². The molecule has 0 saturated carbocycles. The molecule has 1 rings (SSSR count). The Balaban J connectivity index is 2.00. The van der Waals surface area contributed by atoms with Crippen LogP contribution < -0.4 is 5.32 Å². The van der Waals surface area contributed by atoms with Crippen molar-refractivity contribution in [3.05, 3.63) is 16.6 Å². The first-order valence-corrected chi connectivity index (χ1v) is 7.96. The molecule has 0 radical (unpaired) electrons. The standard InChI is InChI=1S/C12H22N2S2/c1-10(2)6-15-7-11(3)13-5-4-12-8-16-9-14-12/h8-11,13H,4-7H2,1-3H3. The topological polar surface area (TPSA) is 24.9 Å². The molecule has 16 heavy (non-hydrogen) atoms. The maximum atomic E-state index is 4.27. The van der Waals surface area contributed by atoms with Crippen molar-refractivity contribution in [3.63, 3.8) is 0 Å². The zero-order chi connectivity index (χ0) is 11.8. The van der Waals surface area contributed by atoms with Gasteiger partial charge in [0.15, 0.2) is 0 Å². The summed E-state index contributed by atoms with van der Waals surface area (Å²) in [6.07, 6.45) is 1.04. The van der Waals surface area contributed by atoms with Gasteiger partial charge in [0.05, 0.1) is 11.2 Å². The van der Waals surface area contributed by atoms with E-state index >= 15 is 0 Å². The van der Waals surface area contributed by atoms with Gasteiger partial charge in [-0.2, -0.15) is 11.8 Å². The predicted octanol–water partition coefficient (Wildman–Crippen LogP) is 3.05. The second-order valence-electron chi connectivity index (χ2n) is 4.52. The van der Waals surface area contributed by atoms with Crippen molar-refractivity contribution >= 4 is 23.1 Å². The zero-order valence-electron chi connectivity index (χ0n) is 10.4. The molecule has 1 N–H and O–H groups in total. The van der Waals surface area contributed by atoms with Gasteiger partial charge in [0, 0.05) is 30.1 Å². The fourth-order valence-corrected chi connectivity index (χ4v) is 3.02. The summed E-state index contributed by atoms with van der Waals surface area (Å²) in [5.74, 6) is 3.26. The third-order valence-corrected chi connectivity index (χ3v) is 4.45. The summed E-state index contributed by atoms with van der Waals surface area (Å²) in [6.45, 7) is 7.84. The minimum absolute atomic E-state index is 0.599. The first-order chi connectivity index (χ1) is 7.68. The van der Waals surface area contributed by atoms with Gasteiger partial charge >= 0.3 is 0 Å². The van der Waals surface area contributed by atoms with Gasteiger partial charge in [-0.25, -0.2) is 4.98 Å². The van der Waals surface area contributed by atoms with Crippen molar-refractivity contribution in [1.82, 2.24) is 10.3 Å². The second-order valence-corrected chi connectivity index (χ2v) is 6.31. The third-order valence-electron chi connectivity index (χ3n) is 2.18. The molecular formula is C12H22N2S2. The number of nitrogens with one attached hydrogen (secondary N) is 1. The normalized spacial score (nSPS) is 13.2. The molecule has 92 valence electrons. The van der Waals surface area contributed by atoms with Gasteiger partial charge in [-0.1, -0.05) is 13.8 Å². The Morgan fingerprint density at radius 2 is 2.19 bits per heavy atom. The van der Waals surface area contributed by atoms with Crippen LogP contribution in [0.15, 0.2) is 10.9 Å². The summed E-state index contributed by atoms with van der Waals surface area (Å²) in [5, 5.41) is 5.66. The molecule has 1 unspecified atom stereocenters. The van der Waals surface area contributed by atoms with Crippen LogP contribution in [-0.4, -0.2) is 29.1 Å². The summed E-state index contributed by atoms with van der Waals surface area (Å²) in [5.41, 5.74) is 3.11. The number of rotatable bonds is 8. The van der Waals surface area contributed by atoms with Gasteiger partial charge in [-0.15, -0.1) is 11.3 Å². The van der Waals surface area contributed by atoms with Crippen LogP contribution in [0.2, 0.25) is 0 Å². The average Bonchev–Trinajstić information content (AvgIpc) is 2.70. The Morgan fingerprint density at radius 1 is 1.38 bits per heavy atom. The highest BCUT2D eigenvalue weighted by Crippen LogP contribution is 2.08. The number of nitrogens with zero attached hydrogens (tertiary/aromatic N) is 1. The SMILES string of the molecule is CC(C)CSCC(C)NCCc1cscn1. The van der Waals surface area contributed by atoms with Crippen LogP contribution in [0.25, 0.3) is 0 Å². The van der Waals surface area contributed by atoms with Gasteiger partial charge in [0.25, 0.3) is 0 Å². The van der Waals surface area contributed by atoms with Gasteiger partial charge < -0.3 is 5.32 Å². The molecular weight excluding hydrogens is 236 g/mol. The molecule has 4 heteroatoms. The molecule has 0 aliphatic rings. The van der Waals surface area contributed by atoms with Gasteiger partial charge in [0.2, 0.25) is 0 Å². The Kier molecular flexibility index (Phi) is 7.08. The second kappa shape index (κ2) is 8.09. The van der Waals surface area contributed by atoms with Gasteiger partial charge in [-0.05, 0) is 18.6 Å². The number of thioether (sulfide) groups is 1. The molecule has 0 amide bonds. The monoisotopic (exact) mass is 258 g/mol. The predicted molar refractivity (Wildman–Crippen MR) is 75.4 cm³/mol. The molecule has 0 spiro atoms. The maximum absolute atomic E-state index is 4.27. The lowest BCUT2D eigenvalue weighted by Gasteiger charge is -2.13. The smallest absolute Gasteiger partial charge is 0.0794 e. The molecule has 0 fully saturated rings. The Bertz CT molecular complexity index is 260. The van der Waals surface area contributed by atoms with Crippen LogP contribution in [0, 0.1) is 5.92 Å². The zero-order valence-corrected chi connectivity index (χ0v) is 12.0. The highest BCUT2D eigenvalue weighted by Gasteiger charge is 2.03. The molecule has 1 atom stereocenters.